The Labute approximate surface area is 124 Å². The molecule has 0 saturated carbocycles. The molecule has 20 heavy (non-hydrogen) atoms. The number of nitrogens with one attached hydrogen (secondary N) is 1. The number of carbonyl (C=O) groups is 1. The summed E-state index contributed by atoms with van der Waals surface area (Å²) in [7, 11) is 0. The summed E-state index contributed by atoms with van der Waals surface area (Å²) in [4.78, 5) is 21.3. The molecule has 0 saturated heterocycles. The van der Waals surface area contributed by atoms with E-state index in [1.165, 1.54) is 12.1 Å². The van der Waals surface area contributed by atoms with Gasteiger partial charge in [0.15, 0.2) is 0 Å². The molecule has 0 radical (unpaired) electrons. The lowest BCUT2D eigenvalue weighted by Crippen LogP contribution is -2.19. The van der Waals surface area contributed by atoms with Gasteiger partial charge >= 0.3 is 5.97 Å². The molecule has 0 heterocycles. The van der Waals surface area contributed by atoms with Gasteiger partial charge in [-0.3, -0.25) is 14.9 Å². The van der Waals surface area contributed by atoms with E-state index in [1.807, 2.05) is 0 Å². The Morgan fingerprint density at radius 1 is 1.35 bits per heavy atom. The summed E-state index contributed by atoms with van der Waals surface area (Å²) < 4.78 is 0. The number of benzene rings is 1. The number of aliphatic carboxylic acids is 1. The maximum absolute atomic E-state index is 11.0. The zero-order valence-corrected chi connectivity index (χ0v) is 11.6. The number of nitro benzene ring substituents is 1. The number of nitro groups is 1. The van der Waals surface area contributed by atoms with Crippen LogP contribution in [-0.2, 0) is 4.79 Å². The van der Waals surface area contributed by atoms with Crippen molar-refractivity contribution >= 4 is 40.5 Å². The Balaban J connectivity index is 2.22. The van der Waals surface area contributed by atoms with Crippen LogP contribution in [0.4, 0.5) is 11.4 Å². The first kappa shape index (κ1) is 14.6. The Morgan fingerprint density at radius 3 is 2.55 bits per heavy atom. The topological polar surface area (TPSA) is 92.5 Å². The van der Waals surface area contributed by atoms with E-state index in [0.717, 1.165) is 0 Å². The average Bonchev–Trinajstić information content (AvgIpc) is 2.82. The van der Waals surface area contributed by atoms with Crippen LogP contribution < -0.4 is 5.32 Å². The minimum Gasteiger partial charge on any atom is -0.481 e. The van der Waals surface area contributed by atoms with Crippen LogP contribution >= 0.6 is 23.2 Å². The molecule has 2 unspecified atom stereocenters. The van der Waals surface area contributed by atoms with Crippen molar-refractivity contribution < 1.29 is 14.8 Å². The van der Waals surface area contributed by atoms with Gasteiger partial charge in [0.05, 0.1) is 20.9 Å². The molecule has 106 valence electrons. The van der Waals surface area contributed by atoms with Crippen LogP contribution in [0.5, 0.6) is 0 Å². The van der Waals surface area contributed by atoms with E-state index < -0.39 is 16.8 Å². The molecule has 6 nitrogen and oxygen atoms in total. The summed E-state index contributed by atoms with van der Waals surface area (Å²) in [5, 5.41) is 23.1. The summed E-state index contributed by atoms with van der Waals surface area (Å²) in [5.74, 6) is -1.51. The Hall–Kier alpha value is -1.79. The number of hydrogen-bond donors (Lipinski definition) is 2. The smallest absolute Gasteiger partial charge is 0.310 e. The lowest BCUT2D eigenvalue weighted by atomic mass is 10.1. The van der Waals surface area contributed by atoms with Gasteiger partial charge in [-0.05, 0) is 12.5 Å². The predicted octanol–water partition coefficient (Wildman–Crippen LogP) is 3.34. The molecule has 2 rings (SSSR count). The SMILES string of the molecule is O=C(O)C1C=CC(Nc2cc(Cl)c(Cl)cc2[N+](=O)[O-])C1. The number of anilines is 1. The molecule has 2 N–H and O–H groups in total. The highest BCUT2D eigenvalue weighted by molar-refractivity contribution is 6.42. The van der Waals surface area contributed by atoms with Gasteiger partial charge in [0.25, 0.3) is 5.69 Å². The van der Waals surface area contributed by atoms with Crippen LogP contribution in [0.1, 0.15) is 6.42 Å². The molecule has 0 spiro atoms. The second-order valence-corrected chi connectivity index (χ2v) is 5.17. The van der Waals surface area contributed by atoms with Crippen molar-refractivity contribution in [3.8, 4) is 0 Å². The number of carboxylic acid groups (broad SMARTS) is 1. The molecule has 0 amide bonds. The standard InChI is InChI=1S/C12H10Cl2N2O4/c13-8-4-10(11(16(19)20)5-9(8)14)15-7-2-1-6(3-7)12(17)18/h1-2,4-7,15H,3H2,(H,17,18). The highest BCUT2D eigenvalue weighted by atomic mass is 35.5. The third kappa shape index (κ3) is 3.02. The summed E-state index contributed by atoms with van der Waals surface area (Å²) in [6.45, 7) is 0. The van der Waals surface area contributed by atoms with Crippen LogP contribution in [0.15, 0.2) is 24.3 Å². The van der Waals surface area contributed by atoms with Crippen LogP contribution in [0.2, 0.25) is 10.0 Å². The van der Waals surface area contributed by atoms with E-state index >= 15 is 0 Å². The van der Waals surface area contributed by atoms with E-state index in [9.17, 15) is 14.9 Å². The highest BCUT2D eigenvalue weighted by Gasteiger charge is 2.26. The van der Waals surface area contributed by atoms with E-state index in [1.54, 1.807) is 12.2 Å². The van der Waals surface area contributed by atoms with Gasteiger partial charge in [-0.25, -0.2) is 0 Å². The predicted molar refractivity (Wildman–Crippen MR) is 75.4 cm³/mol. The second kappa shape index (κ2) is 5.68. The molecule has 0 bridgehead atoms. The summed E-state index contributed by atoms with van der Waals surface area (Å²) in [6, 6.07) is 2.23. The quantitative estimate of drug-likeness (QED) is 0.505. The number of carboxylic acids is 1. The molecule has 2 atom stereocenters. The fourth-order valence-corrected chi connectivity index (χ4v) is 2.31. The maximum atomic E-state index is 11.0. The van der Waals surface area contributed by atoms with E-state index in [0.29, 0.717) is 6.42 Å². The highest BCUT2D eigenvalue weighted by Crippen LogP contribution is 2.35. The molecule has 0 aromatic heterocycles. The Bertz CT molecular complexity index is 603. The van der Waals surface area contributed by atoms with Crippen molar-refractivity contribution in [3.63, 3.8) is 0 Å². The van der Waals surface area contributed by atoms with Gasteiger partial charge in [0, 0.05) is 12.1 Å². The molecule has 8 heteroatoms. The normalized spacial score (nSPS) is 20.9. The molecular formula is C12H10Cl2N2O4. The first-order valence-electron chi connectivity index (χ1n) is 5.69. The third-order valence-electron chi connectivity index (χ3n) is 2.98. The zero-order valence-electron chi connectivity index (χ0n) is 10.0. The van der Waals surface area contributed by atoms with Gasteiger partial charge in [-0.15, -0.1) is 0 Å². The summed E-state index contributed by atoms with van der Waals surface area (Å²) in [6.07, 6.45) is 3.56. The van der Waals surface area contributed by atoms with E-state index in [2.05, 4.69) is 5.32 Å². The van der Waals surface area contributed by atoms with Gasteiger partial charge < -0.3 is 10.4 Å². The number of halogens is 2. The van der Waals surface area contributed by atoms with Crippen LogP contribution in [0, 0.1) is 16.0 Å². The fraction of sp³-hybridized carbons (Fsp3) is 0.250. The zero-order chi connectivity index (χ0) is 14.9. The van der Waals surface area contributed by atoms with Crippen molar-refractivity contribution in [2.24, 2.45) is 5.92 Å². The van der Waals surface area contributed by atoms with Crippen molar-refractivity contribution in [3.05, 3.63) is 44.4 Å². The molecule has 0 fully saturated rings. The largest absolute Gasteiger partial charge is 0.481 e. The van der Waals surface area contributed by atoms with E-state index in [-0.39, 0.29) is 27.5 Å². The lowest BCUT2D eigenvalue weighted by Gasteiger charge is -2.14. The van der Waals surface area contributed by atoms with Gasteiger partial charge in [0.1, 0.15) is 5.69 Å². The molecular weight excluding hydrogens is 307 g/mol. The molecule has 1 aromatic carbocycles. The lowest BCUT2D eigenvalue weighted by molar-refractivity contribution is -0.384. The summed E-state index contributed by atoms with van der Waals surface area (Å²) >= 11 is 11.6. The van der Waals surface area contributed by atoms with E-state index in [4.69, 9.17) is 28.3 Å². The minimum absolute atomic E-state index is 0.0919. The monoisotopic (exact) mass is 316 g/mol. The third-order valence-corrected chi connectivity index (χ3v) is 3.70. The van der Waals surface area contributed by atoms with Crippen molar-refractivity contribution in [1.82, 2.24) is 0 Å². The maximum Gasteiger partial charge on any atom is 0.310 e. The van der Waals surface area contributed by atoms with Gasteiger partial charge in [0.2, 0.25) is 0 Å². The van der Waals surface area contributed by atoms with Crippen molar-refractivity contribution in [1.29, 1.82) is 0 Å². The number of rotatable bonds is 4. The first-order valence-corrected chi connectivity index (χ1v) is 6.45. The first-order chi connectivity index (χ1) is 9.38. The van der Waals surface area contributed by atoms with Crippen LogP contribution in [0.3, 0.4) is 0 Å². The van der Waals surface area contributed by atoms with Crippen molar-refractivity contribution in [2.75, 3.05) is 5.32 Å². The molecule has 1 aliphatic carbocycles. The fourth-order valence-electron chi connectivity index (χ4n) is 1.99. The number of nitrogens with zero attached hydrogens (tertiary/aromatic N) is 1. The minimum atomic E-state index is -0.922. The van der Waals surface area contributed by atoms with Crippen LogP contribution in [0.25, 0.3) is 0 Å². The molecule has 0 aliphatic heterocycles. The molecule has 1 aliphatic rings. The average molecular weight is 317 g/mol. The second-order valence-electron chi connectivity index (χ2n) is 4.36. The Kier molecular flexibility index (Phi) is 4.15. The number of hydrogen-bond acceptors (Lipinski definition) is 4. The molecule has 1 aromatic rings. The van der Waals surface area contributed by atoms with Gasteiger partial charge in [-0.2, -0.15) is 0 Å². The van der Waals surface area contributed by atoms with Crippen LogP contribution in [-0.4, -0.2) is 22.0 Å². The summed E-state index contributed by atoms with van der Waals surface area (Å²) in [5.41, 5.74) is 0.0108. The Morgan fingerprint density at radius 2 is 2.00 bits per heavy atom. The van der Waals surface area contributed by atoms with Crippen molar-refractivity contribution in [2.45, 2.75) is 12.5 Å². The van der Waals surface area contributed by atoms with Gasteiger partial charge in [-0.1, -0.05) is 35.4 Å².